The summed E-state index contributed by atoms with van der Waals surface area (Å²) in [5, 5.41) is 16.5. The summed E-state index contributed by atoms with van der Waals surface area (Å²) >= 11 is 1.59. The molecular weight excluding hydrogens is 272 g/mol. The molecule has 0 amide bonds. The van der Waals surface area contributed by atoms with Gasteiger partial charge in [-0.25, -0.2) is 13.6 Å². The van der Waals surface area contributed by atoms with E-state index >= 15 is 0 Å². The molecule has 2 aromatic heterocycles. The number of primary sulfonamides is 1. The Labute approximate surface area is 110 Å². The second-order valence-electron chi connectivity index (χ2n) is 4.22. The third kappa shape index (κ3) is 2.60. The van der Waals surface area contributed by atoms with Gasteiger partial charge in [0.25, 0.3) is 15.2 Å². The van der Waals surface area contributed by atoms with Crippen LogP contribution in [0.4, 0.5) is 0 Å². The molecule has 6 nitrogen and oxygen atoms in total. The monoisotopic (exact) mass is 286 g/mol. The molecule has 2 rings (SSSR count). The normalized spacial score (nSPS) is 12.2. The van der Waals surface area contributed by atoms with Crippen molar-refractivity contribution < 1.29 is 8.42 Å². The molecule has 98 valence electrons. The van der Waals surface area contributed by atoms with E-state index in [0.29, 0.717) is 12.2 Å². The van der Waals surface area contributed by atoms with Gasteiger partial charge >= 0.3 is 0 Å². The fraction of sp³-hybridized carbons (Fsp3) is 0.400. The second-order valence-corrected chi connectivity index (χ2v) is 6.45. The molecule has 8 heteroatoms. The predicted octanol–water partition coefficient (Wildman–Crippen LogP) is 1.16. The van der Waals surface area contributed by atoms with E-state index in [-0.39, 0.29) is 11.2 Å². The maximum Gasteiger partial charge on any atom is 0.273 e. The van der Waals surface area contributed by atoms with Gasteiger partial charge in [-0.05, 0) is 36.2 Å². The van der Waals surface area contributed by atoms with Gasteiger partial charge in [-0.2, -0.15) is 11.3 Å². The molecule has 0 saturated heterocycles. The van der Waals surface area contributed by atoms with Gasteiger partial charge in [0.15, 0.2) is 0 Å². The summed E-state index contributed by atoms with van der Waals surface area (Å²) in [4.78, 5) is 0. The SMILES string of the molecule is CC(C)n1c(Cc2ccsc2)nnc1S(N)(=O)=O. The first-order valence-corrected chi connectivity index (χ1v) is 7.86. The Bertz CT molecular complexity index is 629. The van der Waals surface area contributed by atoms with Gasteiger partial charge in [0.2, 0.25) is 0 Å². The van der Waals surface area contributed by atoms with Crippen molar-refractivity contribution in [2.24, 2.45) is 5.14 Å². The quantitative estimate of drug-likeness (QED) is 0.913. The zero-order valence-corrected chi connectivity index (χ0v) is 11.7. The lowest BCUT2D eigenvalue weighted by atomic mass is 10.2. The summed E-state index contributed by atoms with van der Waals surface area (Å²) in [7, 11) is -3.84. The molecule has 0 aliphatic rings. The summed E-state index contributed by atoms with van der Waals surface area (Å²) in [5.41, 5.74) is 1.08. The first-order chi connectivity index (χ1) is 8.39. The van der Waals surface area contributed by atoms with Crippen LogP contribution in [0.2, 0.25) is 0 Å². The number of nitrogens with two attached hydrogens (primary N) is 1. The van der Waals surface area contributed by atoms with E-state index in [1.165, 1.54) is 0 Å². The summed E-state index contributed by atoms with van der Waals surface area (Å²) in [6, 6.07) is 1.91. The molecule has 0 radical (unpaired) electrons. The molecular formula is C10H14N4O2S2. The topological polar surface area (TPSA) is 90.9 Å². The van der Waals surface area contributed by atoms with Crippen molar-refractivity contribution in [1.29, 1.82) is 0 Å². The maximum atomic E-state index is 11.4. The predicted molar refractivity (Wildman–Crippen MR) is 68.9 cm³/mol. The molecule has 0 aromatic carbocycles. The maximum absolute atomic E-state index is 11.4. The van der Waals surface area contributed by atoms with E-state index in [2.05, 4.69) is 10.2 Å². The highest BCUT2D eigenvalue weighted by Crippen LogP contribution is 2.18. The lowest BCUT2D eigenvalue weighted by molar-refractivity contribution is 0.507. The molecule has 0 aliphatic carbocycles. The minimum absolute atomic E-state index is 0.0676. The first kappa shape index (κ1) is 13.2. The third-order valence-electron chi connectivity index (χ3n) is 2.45. The molecule has 2 heterocycles. The van der Waals surface area contributed by atoms with Gasteiger partial charge < -0.3 is 0 Å². The van der Waals surface area contributed by atoms with Crippen LogP contribution in [0.15, 0.2) is 22.0 Å². The fourth-order valence-corrected chi connectivity index (χ4v) is 3.13. The average molecular weight is 286 g/mol. The van der Waals surface area contributed by atoms with Crippen LogP contribution in [-0.4, -0.2) is 23.2 Å². The fourth-order valence-electron chi connectivity index (χ4n) is 1.72. The first-order valence-electron chi connectivity index (χ1n) is 5.37. The molecule has 0 saturated carbocycles. The minimum atomic E-state index is -3.84. The van der Waals surface area contributed by atoms with Gasteiger partial charge in [0.1, 0.15) is 5.82 Å². The van der Waals surface area contributed by atoms with Gasteiger partial charge in [0.05, 0.1) is 0 Å². The van der Waals surface area contributed by atoms with E-state index in [9.17, 15) is 8.42 Å². The van der Waals surface area contributed by atoms with Crippen molar-refractivity contribution in [3.05, 3.63) is 28.2 Å². The van der Waals surface area contributed by atoms with E-state index < -0.39 is 10.0 Å². The molecule has 18 heavy (non-hydrogen) atoms. The van der Waals surface area contributed by atoms with Gasteiger partial charge in [-0.3, -0.25) is 4.57 Å². The molecule has 0 atom stereocenters. The second kappa shape index (κ2) is 4.79. The highest BCUT2D eigenvalue weighted by Gasteiger charge is 2.22. The molecule has 2 N–H and O–H groups in total. The summed E-state index contributed by atoms with van der Waals surface area (Å²) in [5.74, 6) is 0.604. The van der Waals surface area contributed by atoms with Crippen LogP contribution in [0.3, 0.4) is 0 Å². The summed E-state index contributed by atoms with van der Waals surface area (Å²) < 4.78 is 24.4. The van der Waals surface area contributed by atoms with E-state index in [4.69, 9.17) is 5.14 Å². The van der Waals surface area contributed by atoms with Crippen LogP contribution >= 0.6 is 11.3 Å². The lowest BCUT2D eigenvalue weighted by Gasteiger charge is -2.12. The smallest absolute Gasteiger partial charge is 0.273 e. The Morgan fingerprint density at radius 1 is 1.44 bits per heavy atom. The molecule has 0 fully saturated rings. The number of nitrogens with zero attached hydrogens (tertiary/aromatic N) is 3. The van der Waals surface area contributed by atoms with Crippen LogP contribution in [0.5, 0.6) is 0 Å². The van der Waals surface area contributed by atoms with Crippen molar-refractivity contribution >= 4 is 21.4 Å². The number of hydrogen-bond acceptors (Lipinski definition) is 5. The Morgan fingerprint density at radius 3 is 2.67 bits per heavy atom. The zero-order chi connectivity index (χ0) is 13.3. The molecule has 0 spiro atoms. The number of thiophene rings is 1. The number of rotatable bonds is 4. The van der Waals surface area contributed by atoms with Crippen LogP contribution in [0, 0.1) is 0 Å². The van der Waals surface area contributed by atoms with Crippen LogP contribution in [-0.2, 0) is 16.4 Å². The van der Waals surface area contributed by atoms with Crippen molar-refractivity contribution in [2.75, 3.05) is 0 Å². The number of hydrogen-bond donors (Lipinski definition) is 1. The molecule has 2 aromatic rings. The Morgan fingerprint density at radius 2 is 2.17 bits per heavy atom. The van der Waals surface area contributed by atoms with Crippen molar-refractivity contribution in [1.82, 2.24) is 14.8 Å². The Kier molecular flexibility index (Phi) is 3.51. The lowest BCUT2D eigenvalue weighted by Crippen LogP contribution is -2.20. The molecule has 0 aliphatic heterocycles. The summed E-state index contributed by atoms with van der Waals surface area (Å²) in [6.45, 7) is 3.74. The number of sulfonamides is 1. The third-order valence-corrected chi connectivity index (χ3v) is 3.97. The highest BCUT2D eigenvalue weighted by atomic mass is 32.2. The average Bonchev–Trinajstić information content (AvgIpc) is 2.85. The standard InChI is InChI=1S/C10H14N4O2S2/c1-7(2)14-9(5-8-3-4-17-6-8)12-13-10(14)18(11,15)16/h3-4,6-7H,5H2,1-2H3,(H2,11,15,16). The Hall–Kier alpha value is -1.25. The highest BCUT2D eigenvalue weighted by molar-refractivity contribution is 7.89. The van der Waals surface area contributed by atoms with Gasteiger partial charge in [-0.1, -0.05) is 0 Å². The Balaban J connectivity index is 2.46. The number of aromatic nitrogens is 3. The largest absolute Gasteiger partial charge is 0.298 e. The minimum Gasteiger partial charge on any atom is -0.298 e. The summed E-state index contributed by atoms with van der Waals surface area (Å²) in [6.07, 6.45) is 0.546. The van der Waals surface area contributed by atoms with Crippen LogP contribution in [0.25, 0.3) is 0 Å². The molecule has 0 unspecified atom stereocenters. The van der Waals surface area contributed by atoms with Gasteiger partial charge in [-0.15, -0.1) is 10.2 Å². The van der Waals surface area contributed by atoms with Crippen LogP contribution < -0.4 is 5.14 Å². The molecule has 0 bridgehead atoms. The van der Waals surface area contributed by atoms with E-state index in [0.717, 1.165) is 5.56 Å². The van der Waals surface area contributed by atoms with Crippen molar-refractivity contribution in [3.8, 4) is 0 Å². The van der Waals surface area contributed by atoms with Crippen molar-refractivity contribution in [3.63, 3.8) is 0 Å². The van der Waals surface area contributed by atoms with E-state index in [1.807, 2.05) is 30.7 Å². The zero-order valence-electron chi connectivity index (χ0n) is 10.1. The van der Waals surface area contributed by atoms with E-state index in [1.54, 1.807) is 15.9 Å². The van der Waals surface area contributed by atoms with Crippen molar-refractivity contribution in [2.45, 2.75) is 31.5 Å². The van der Waals surface area contributed by atoms with Crippen LogP contribution in [0.1, 0.15) is 31.3 Å². The van der Waals surface area contributed by atoms with Gasteiger partial charge in [0, 0.05) is 12.5 Å².